The third-order valence-electron chi connectivity index (χ3n) is 8.07. The molecule has 3 heterocycles. The number of hydrogen-bond donors (Lipinski definition) is 1. The molecule has 0 unspecified atom stereocenters. The Bertz CT molecular complexity index is 1090. The number of fused-ring (bicyclic) bond motifs is 3. The molecule has 2 atom stereocenters. The van der Waals surface area contributed by atoms with Crippen LogP contribution < -0.4 is 5.32 Å². The Hall–Kier alpha value is -2.55. The molecule has 37 heavy (non-hydrogen) atoms. The average Bonchev–Trinajstić information content (AvgIpc) is 3.48. The molecule has 1 aromatic heterocycles. The number of halogens is 3. The number of amides is 1. The van der Waals surface area contributed by atoms with Crippen molar-refractivity contribution in [3.8, 4) is 0 Å². The highest BCUT2D eigenvalue weighted by Crippen LogP contribution is 2.42. The molecule has 2 fully saturated rings. The lowest BCUT2D eigenvalue weighted by Crippen LogP contribution is -2.46. The van der Waals surface area contributed by atoms with Crippen LogP contribution in [0.15, 0.2) is 30.3 Å². The topological polar surface area (TPSA) is 53.4 Å². The van der Waals surface area contributed by atoms with Crippen LogP contribution in [-0.2, 0) is 24.1 Å². The molecule has 1 amide bonds. The minimum Gasteiger partial charge on any atom is -0.385 e. The second-order valence-corrected chi connectivity index (χ2v) is 11.3. The van der Waals surface area contributed by atoms with Gasteiger partial charge in [0.2, 0.25) is 5.91 Å². The van der Waals surface area contributed by atoms with Crippen LogP contribution in [0.1, 0.15) is 75.2 Å². The monoisotopic (exact) mass is 517 g/mol. The van der Waals surface area contributed by atoms with Crippen molar-refractivity contribution in [1.29, 1.82) is 0 Å². The Labute approximate surface area is 217 Å². The third-order valence-corrected chi connectivity index (χ3v) is 8.07. The number of anilines is 1. The van der Waals surface area contributed by atoms with Crippen LogP contribution in [0.4, 0.5) is 18.9 Å². The summed E-state index contributed by atoms with van der Waals surface area (Å²) in [6, 6.07) is 9.89. The lowest BCUT2D eigenvalue weighted by Gasteiger charge is -2.34. The molecular formula is C28H38F3N5O. The van der Waals surface area contributed by atoms with Gasteiger partial charge in [0.25, 0.3) is 0 Å². The fourth-order valence-corrected chi connectivity index (χ4v) is 5.84. The first-order chi connectivity index (χ1) is 17.7. The first-order valence-corrected chi connectivity index (χ1v) is 13.7. The van der Waals surface area contributed by atoms with Crippen molar-refractivity contribution in [2.75, 3.05) is 25.0 Å². The van der Waals surface area contributed by atoms with E-state index in [1.165, 1.54) is 4.68 Å². The van der Waals surface area contributed by atoms with Gasteiger partial charge in [-0.2, -0.15) is 18.3 Å². The number of aromatic nitrogens is 2. The van der Waals surface area contributed by atoms with E-state index in [2.05, 4.69) is 29.2 Å². The van der Waals surface area contributed by atoms with Crippen molar-refractivity contribution in [1.82, 2.24) is 19.6 Å². The molecule has 2 bridgehead atoms. The Morgan fingerprint density at radius 3 is 2.59 bits per heavy atom. The van der Waals surface area contributed by atoms with E-state index in [1.807, 2.05) is 29.2 Å². The second-order valence-electron chi connectivity index (χ2n) is 11.3. The van der Waals surface area contributed by atoms with Gasteiger partial charge in [-0.15, -0.1) is 0 Å². The number of nitrogens with one attached hydrogen (secondary N) is 1. The van der Waals surface area contributed by atoms with Gasteiger partial charge in [-0.1, -0.05) is 32.0 Å². The highest BCUT2D eigenvalue weighted by Gasteiger charge is 2.39. The third kappa shape index (κ3) is 6.13. The van der Waals surface area contributed by atoms with Crippen molar-refractivity contribution in [3.05, 3.63) is 47.3 Å². The molecule has 1 N–H and O–H groups in total. The summed E-state index contributed by atoms with van der Waals surface area (Å²) < 4.78 is 41.6. The smallest absolute Gasteiger partial charge is 0.385 e. The summed E-state index contributed by atoms with van der Waals surface area (Å²) in [6.07, 6.45) is 1.45. The van der Waals surface area contributed by atoms with Crippen molar-refractivity contribution >= 4 is 11.6 Å². The van der Waals surface area contributed by atoms with Gasteiger partial charge in [0.15, 0.2) is 5.69 Å². The summed E-state index contributed by atoms with van der Waals surface area (Å²) >= 11 is 0. The van der Waals surface area contributed by atoms with Gasteiger partial charge < -0.3 is 10.2 Å². The number of hydrogen-bond acceptors (Lipinski definition) is 4. The molecule has 1 saturated heterocycles. The van der Waals surface area contributed by atoms with Crippen LogP contribution in [0.5, 0.6) is 0 Å². The minimum absolute atomic E-state index is 0.0611. The van der Waals surface area contributed by atoms with E-state index in [-0.39, 0.29) is 24.4 Å². The van der Waals surface area contributed by atoms with E-state index >= 15 is 0 Å². The molecule has 1 saturated carbocycles. The first kappa shape index (κ1) is 26.1. The fraction of sp³-hybridized carbons (Fsp3) is 0.643. The molecule has 0 spiro atoms. The molecule has 2 aliphatic heterocycles. The van der Waals surface area contributed by atoms with E-state index in [0.29, 0.717) is 30.7 Å². The maximum Gasteiger partial charge on any atom is 0.435 e. The van der Waals surface area contributed by atoms with Gasteiger partial charge in [0.1, 0.15) is 6.54 Å². The van der Waals surface area contributed by atoms with Crippen molar-refractivity contribution in [2.45, 2.75) is 89.6 Å². The predicted octanol–water partition coefficient (Wildman–Crippen LogP) is 5.50. The number of carbonyl (C=O) groups excluding carboxylic acids is 1. The van der Waals surface area contributed by atoms with E-state index in [1.54, 1.807) is 0 Å². The highest BCUT2D eigenvalue weighted by atomic mass is 19.4. The SMILES string of the molecule is CC(C)CCN1[C@H]2CCNc3ccccc3CN(C(=O)Cn3nc(C(F)(F)F)cc3C3CC3)C[C@@H]1CC2. The summed E-state index contributed by atoms with van der Waals surface area (Å²) in [7, 11) is 0. The zero-order valence-corrected chi connectivity index (χ0v) is 21.8. The number of para-hydroxylation sites is 1. The van der Waals surface area contributed by atoms with Crippen LogP contribution >= 0.6 is 0 Å². The fourth-order valence-electron chi connectivity index (χ4n) is 5.84. The zero-order chi connectivity index (χ0) is 26.2. The molecule has 9 heteroatoms. The second kappa shape index (κ2) is 10.7. The number of rotatable bonds is 6. The summed E-state index contributed by atoms with van der Waals surface area (Å²) in [5.74, 6) is 0.479. The summed E-state index contributed by atoms with van der Waals surface area (Å²) in [4.78, 5) is 18.2. The molecule has 0 radical (unpaired) electrons. The van der Waals surface area contributed by atoms with Crippen LogP contribution in [0.3, 0.4) is 0 Å². The number of alkyl halides is 3. The lowest BCUT2D eigenvalue weighted by molar-refractivity contribution is -0.142. The van der Waals surface area contributed by atoms with Crippen molar-refractivity contribution in [3.63, 3.8) is 0 Å². The van der Waals surface area contributed by atoms with Crippen LogP contribution in [0.2, 0.25) is 0 Å². The molecule has 2 aromatic rings. The van der Waals surface area contributed by atoms with E-state index in [0.717, 1.165) is 68.9 Å². The van der Waals surface area contributed by atoms with E-state index in [4.69, 9.17) is 0 Å². The molecule has 6 nitrogen and oxygen atoms in total. The van der Waals surface area contributed by atoms with Crippen LogP contribution in [0.25, 0.3) is 0 Å². The Balaban J connectivity index is 1.42. The summed E-state index contributed by atoms with van der Waals surface area (Å²) in [5, 5.41) is 7.43. The summed E-state index contributed by atoms with van der Waals surface area (Å²) in [5.41, 5.74) is 1.66. The highest BCUT2D eigenvalue weighted by molar-refractivity contribution is 5.76. The average molecular weight is 518 g/mol. The molecule has 1 aliphatic carbocycles. The molecule has 1 aromatic carbocycles. The van der Waals surface area contributed by atoms with Gasteiger partial charge in [0, 0.05) is 49.0 Å². The predicted molar refractivity (Wildman–Crippen MR) is 137 cm³/mol. The number of nitrogens with zero attached hydrogens (tertiary/aromatic N) is 4. The number of benzene rings is 1. The van der Waals surface area contributed by atoms with Gasteiger partial charge in [0.05, 0.1) is 0 Å². The minimum atomic E-state index is -4.52. The number of carbonyl (C=O) groups is 1. The standard InChI is InChI=1S/C28H38F3N5O/c1-19(2)12-14-35-22-9-10-23(35)17-34(16-21-5-3-4-6-24(21)32-13-11-22)27(37)18-36-25(20-7-8-20)15-26(33-36)28(29,30)31/h3-6,15,19-20,22-23,32H,7-14,16-18H2,1-2H3/t22-,23+/m1/s1. The molecular weight excluding hydrogens is 479 g/mol. The van der Waals surface area contributed by atoms with Crippen LogP contribution in [-0.4, -0.2) is 57.2 Å². The maximum absolute atomic E-state index is 13.8. The summed E-state index contributed by atoms with van der Waals surface area (Å²) in [6.45, 7) is 7.18. The van der Waals surface area contributed by atoms with Crippen LogP contribution in [0, 0.1) is 5.92 Å². The van der Waals surface area contributed by atoms with Gasteiger partial charge in [-0.05, 0) is 68.7 Å². The Morgan fingerprint density at radius 2 is 1.86 bits per heavy atom. The molecule has 5 rings (SSSR count). The van der Waals surface area contributed by atoms with E-state index < -0.39 is 11.9 Å². The maximum atomic E-state index is 13.8. The quantitative estimate of drug-likeness (QED) is 0.550. The zero-order valence-electron chi connectivity index (χ0n) is 21.8. The van der Waals surface area contributed by atoms with Gasteiger partial charge in [-0.3, -0.25) is 14.4 Å². The largest absolute Gasteiger partial charge is 0.435 e. The van der Waals surface area contributed by atoms with Gasteiger partial charge in [-0.25, -0.2) is 0 Å². The van der Waals surface area contributed by atoms with Crippen molar-refractivity contribution < 1.29 is 18.0 Å². The Morgan fingerprint density at radius 1 is 1.11 bits per heavy atom. The lowest BCUT2D eigenvalue weighted by atomic mass is 10.1. The van der Waals surface area contributed by atoms with Crippen molar-refractivity contribution in [2.24, 2.45) is 5.92 Å². The van der Waals surface area contributed by atoms with E-state index in [9.17, 15) is 18.0 Å². The Kier molecular flexibility index (Phi) is 7.52. The first-order valence-electron chi connectivity index (χ1n) is 13.7. The normalized spacial score (nSPS) is 23.0. The molecule has 3 aliphatic rings. The van der Waals surface area contributed by atoms with Gasteiger partial charge >= 0.3 is 6.18 Å². The molecule has 202 valence electrons.